The molecule has 0 heterocycles. The van der Waals surface area contributed by atoms with E-state index in [1.54, 1.807) is 0 Å². The molecule has 0 aromatic heterocycles. The zero-order valence-electron chi connectivity index (χ0n) is 10.8. The number of hydrogen-bond donors (Lipinski definition) is 2. The van der Waals surface area contributed by atoms with Crippen LogP contribution in [-0.4, -0.2) is 24.2 Å². The maximum absolute atomic E-state index is 11.8. The molecule has 1 aromatic rings. The molecule has 1 rings (SSSR count). The molecule has 0 atom stereocenters. The van der Waals surface area contributed by atoms with Gasteiger partial charge in [0.1, 0.15) is 0 Å². The maximum atomic E-state index is 11.8. The minimum atomic E-state index is -0.0724. The molecule has 0 saturated carbocycles. The summed E-state index contributed by atoms with van der Waals surface area (Å²) in [5.41, 5.74) is 3.11. The summed E-state index contributed by atoms with van der Waals surface area (Å²) < 4.78 is 0. The highest BCUT2D eigenvalue weighted by Crippen LogP contribution is 2.19. The number of hydrogen-bond acceptors (Lipinski definition) is 2. The van der Waals surface area contributed by atoms with Crippen molar-refractivity contribution >= 4 is 5.91 Å². The Kier molecular flexibility index (Phi) is 5.16. The number of aliphatic hydroxyl groups is 1. The van der Waals surface area contributed by atoms with Crippen molar-refractivity contribution in [3.05, 3.63) is 34.9 Å². The van der Waals surface area contributed by atoms with E-state index in [-0.39, 0.29) is 12.5 Å². The molecule has 3 nitrogen and oxygen atoms in total. The van der Waals surface area contributed by atoms with Crippen LogP contribution in [0.5, 0.6) is 0 Å². The lowest BCUT2D eigenvalue weighted by Crippen LogP contribution is -2.25. The summed E-state index contributed by atoms with van der Waals surface area (Å²) in [6.45, 7) is 6.93. The van der Waals surface area contributed by atoms with E-state index in [0.717, 1.165) is 5.56 Å². The van der Waals surface area contributed by atoms with E-state index in [1.165, 1.54) is 5.56 Å². The van der Waals surface area contributed by atoms with Crippen molar-refractivity contribution in [2.75, 3.05) is 13.2 Å². The van der Waals surface area contributed by atoms with Gasteiger partial charge in [0.25, 0.3) is 5.91 Å². The minimum absolute atomic E-state index is 0.0724. The highest BCUT2D eigenvalue weighted by Gasteiger charge is 2.08. The van der Waals surface area contributed by atoms with E-state index in [9.17, 15) is 4.79 Å². The first-order chi connectivity index (χ1) is 8.06. The first-order valence-electron chi connectivity index (χ1n) is 6.06. The number of benzene rings is 1. The standard InChI is InChI=1S/C14H21NO2/c1-10(2)13-6-5-12(9-11(13)3)14(17)15-7-4-8-16/h5-6,9-10,16H,4,7-8H2,1-3H3,(H,15,17). The number of aryl methyl sites for hydroxylation is 1. The minimum Gasteiger partial charge on any atom is -0.396 e. The fraction of sp³-hybridized carbons (Fsp3) is 0.500. The zero-order valence-corrected chi connectivity index (χ0v) is 10.8. The Labute approximate surface area is 103 Å². The summed E-state index contributed by atoms with van der Waals surface area (Å²) in [5, 5.41) is 11.4. The van der Waals surface area contributed by atoms with Gasteiger partial charge >= 0.3 is 0 Å². The van der Waals surface area contributed by atoms with Crippen LogP contribution in [-0.2, 0) is 0 Å². The molecule has 0 aliphatic carbocycles. The molecule has 3 heteroatoms. The second kappa shape index (κ2) is 6.40. The van der Waals surface area contributed by atoms with Crippen LogP contribution in [0.2, 0.25) is 0 Å². The van der Waals surface area contributed by atoms with Gasteiger partial charge in [0.2, 0.25) is 0 Å². The molecule has 1 aromatic carbocycles. The summed E-state index contributed by atoms with van der Waals surface area (Å²) in [5.74, 6) is 0.401. The van der Waals surface area contributed by atoms with Crippen molar-refractivity contribution in [1.82, 2.24) is 5.32 Å². The Morgan fingerprint density at radius 1 is 1.41 bits per heavy atom. The van der Waals surface area contributed by atoms with Crippen LogP contribution in [0.3, 0.4) is 0 Å². The Hall–Kier alpha value is -1.35. The Bertz CT molecular complexity index is 386. The van der Waals surface area contributed by atoms with E-state index >= 15 is 0 Å². The highest BCUT2D eigenvalue weighted by molar-refractivity contribution is 5.94. The van der Waals surface area contributed by atoms with Crippen LogP contribution < -0.4 is 5.32 Å². The third-order valence-corrected chi connectivity index (χ3v) is 2.77. The predicted octanol–water partition coefficient (Wildman–Crippen LogP) is 2.23. The van der Waals surface area contributed by atoms with Gasteiger partial charge in [-0.25, -0.2) is 0 Å². The second-order valence-corrected chi connectivity index (χ2v) is 4.56. The molecule has 0 radical (unpaired) electrons. The number of aliphatic hydroxyl groups excluding tert-OH is 1. The van der Waals surface area contributed by atoms with Crippen molar-refractivity contribution in [3.8, 4) is 0 Å². The van der Waals surface area contributed by atoms with Gasteiger partial charge in [0.15, 0.2) is 0 Å². The molecule has 94 valence electrons. The van der Waals surface area contributed by atoms with Crippen molar-refractivity contribution in [2.24, 2.45) is 0 Å². The summed E-state index contributed by atoms with van der Waals surface area (Å²) in [6, 6.07) is 5.79. The van der Waals surface area contributed by atoms with Crippen molar-refractivity contribution < 1.29 is 9.90 Å². The highest BCUT2D eigenvalue weighted by atomic mass is 16.3. The van der Waals surface area contributed by atoms with Gasteiger partial charge in [0, 0.05) is 18.7 Å². The van der Waals surface area contributed by atoms with Crippen LogP contribution in [0, 0.1) is 6.92 Å². The molecular formula is C14H21NO2. The van der Waals surface area contributed by atoms with Crippen LogP contribution in [0.4, 0.5) is 0 Å². The van der Waals surface area contributed by atoms with Crippen molar-refractivity contribution in [2.45, 2.75) is 33.1 Å². The number of carbonyl (C=O) groups excluding carboxylic acids is 1. The quantitative estimate of drug-likeness (QED) is 0.769. The largest absolute Gasteiger partial charge is 0.396 e. The molecule has 17 heavy (non-hydrogen) atoms. The van der Waals surface area contributed by atoms with E-state index in [2.05, 4.69) is 19.2 Å². The summed E-state index contributed by atoms with van der Waals surface area (Å²) in [6.07, 6.45) is 0.592. The molecule has 0 unspecified atom stereocenters. The van der Waals surface area contributed by atoms with Gasteiger partial charge in [-0.1, -0.05) is 19.9 Å². The molecule has 0 saturated heterocycles. The normalized spacial score (nSPS) is 10.6. The Balaban J connectivity index is 2.72. The van der Waals surface area contributed by atoms with Crippen LogP contribution in [0.25, 0.3) is 0 Å². The van der Waals surface area contributed by atoms with Gasteiger partial charge < -0.3 is 10.4 Å². The molecule has 2 N–H and O–H groups in total. The van der Waals surface area contributed by atoms with E-state index in [0.29, 0.717) is 24.4 Å². The smallest absolute Gasteiger partial charge is 0.251 e. The molecule has 0 aliphatic heterocycles. The average molecular weight is 235 g/mol. The monoisotopic (exact) mass is 235 g/mol. The number of carbonyl (C=O) groups is 1. The molecule has 0 fully saturated rings. The van der Waals surface area contributed by atoms with Crippen LogP contribution in [0.1, 0.15) is 47.7 Å². The number of nitrogens with one attached hydrogen (secondary N) is 1. The van der Waals surface area contributed by atoms with Crippen molar-refractivity contribution in [3.63, 3.8) is 0 Å². The summed E-state index contributed by atoms with van der Waals surface area (Å²) in [7, 11) is 0. The number of amides is 1. The second-order valence-electron chi connectivity index (χ2n) is 4.56. The first kappa shape index (κ1) is 13.7. The fourth-order valence-electron chi connectivity index (χ4n) is 1.85. The van der Waals surface area contributed by atoms with Gasteiger partial charge in [-0.15, -0.1) is 0 Å². The fourth-order valence-corrected chi connectivity index (χ4v) is 1.85. The molecule has 1 amide bonds. The zero-order chi connectivity index (χ0) is 12.8. The number of rotatable bonds is 5. The SMILES string of the molecule is Cc1cc(C(=O)NCCCO)ccc1C(C)C. The predicted molar refractivity (Wildman–Crippen MR) is 69.3 cm³/mol. The molecular weight excluding hydrogens is 214 g/mol. The molecule has 0 spiro atoms. The lowest BCUT2D eigenvalue weighted by atomic mass is 9.96. The van der Waals surface area contributed by atoms with E-state index < -0.39 is 0 Å². The third-order valence-electron chi connectivity index (χ3n) is 2.77. The van der Waals surface area contributed by atoms with Gasteiger partial charge in [0.05, 0.1) is 0 Å². The third kappa shape index (κ3) is 3.86. The van der Waals surface area contributed by atoms with Crippen LogP contribution >= 0.6 is 0 Å². The summed E-state index contributed by atoms with van der Waals surface area (Å²) >= 11 is 0. The summed E-state index contributed by atoms with van der Waals surface area (Å²) in [4.78, 5) is 11.8. The van der Waals surface area contributed by atoms with Gasteiger partial charge in [-0.3, -0.25) is 4.79 Å². The Morgan fingerprint density at radius 3 is 2.65 bits per heavy atom. The van der Waals surface area contributed by atoms with E-state index in [1.807, 2.05) is 25.1 Å². The lowest BCUT2D eigenvalue weighted by Gasteiger charge is -2.11. The maximum Gasteiger partial charge on any atom is 0.251 e. The first-order valence-corrected chi connectivity index (χ1v) is 6.06. The Morgan fingerprint density at radius 2 is 2.12 bits per heavy atom. The molecule has 0 bridgehead atoms. The van der Waals surface area contributed by atoms with Crippen LogP contribution in [0.15, 0.2) is 18.2 Å². The van der Waals surface area contributed by atoms with Crippen molar-refractivity contribution in [1.29, 1.82) is 0 Å². The topological polar surface area (TPSA) is 49.3 Å². The lowest BCUT2D eigenvalue weighted by molar-refractivity contribution is 0.0951. The van der Waals surface area contributed by atoms with Gasteiger partial charge in [-0.2, -0.15) is 0 Å². The average Bonchev–Trinajstić information content (AvgIpc) is 2.28. The van der Waals surface area contributed by atoms with Gasteiger partial charge in [-0.05, 0) is 42.5 Å². The molecule has 0 aliphatic rings. The van der Waals surface area contributed by atoms with E-state index in [4.69, 9.17) is 5.11 Å².